The fourth-order valence-electron chi connectivity index (χ4n) is 2.73. The van der Waals surface area contributed by atoms with E-state index in [4.69, 9.17) is 5.11 Å². The average Bonchev–Trinajstić information content (AvgIpc) is 2.46. The van der Waals surface area contributed by atoms with Crippen LogP contribution in [0.2, 0.25) is 13.3 Å². The molecule has 0 amide bonds. The minimum atomic E-state index is -2.09. The Morgan fingerprint density at radius 2 is 1.35 bits per heavy atom. The Balaban J connectivity index is 4.96. The zero-order valence-electron chi connectivity index (χ0n) is 14.3. The van der Waals surface area contributed by atoms with Crippen molar-refractivity contribution in [2.75, 3.05) is 6.61 Å². The van der Waals surface area contributed by atoms with Crippen molar-refractivity contribution in [1.82, 2.24) is 0 Å². The summed E-state index contributed by atoms with van der Waals surface area (Å²) in [7, 11) is 0. The third-order valence-corrected chi connectivity index (χ3v) is 18.2. The molecule has 0 aromatic carbocycles. The van der Waals surface area contributed by atoms with Gasteiger partial charge in [0.2, 0.25) is 0 Å². The van der Waals surface area contributed by atoms with Crippen LogP contribution in [0.3, 0.4) is 0 Å². The molecule has 0 aromatic heterocycles. The molecule has 0 aliphatic heterocycles. The van der Waals surface area contributed by atoms with E-state index in [1.54, 1.807) is 0 Å². The monoisotopic (exact) mass is 388 g/mol. The summed E-state index contributed by atoms with van der Waals surface area (Å²) in [5, 5.41) is 9.00. The molecule has 0 aliphatic rings. The predicted molar refractivity (Wildman–Crippen MR) is 94.9 cm³/mol. The molecule has 0 fully saturated rings. The summed E-state index contributed by atoms with van der Waals surface area (Å²) < 4.78 is 7.23. The standard InChI is InChI=1S/C6H9O.3C4H9.Sn/c1-3-6(2)4-5-7;3*1-3-4-2;/h1,3-4,7H,5H2,2H3;3*1,3-4H2,2H3;/b3-1?,6-4-;;;;. The van der Waals surface area contributed by atoms with E-state index in [0.717, 1.165) is 0 Å². The molecule has 1 N–H and O–H groups in total. The van der Waals surface area contributed by atoms with Crippen molar-refractivity contribution in [1.29, 1.82) is 0 Å². The Labute approximate surface area is 131 Å². The van der Waals surface area contributed by atoms with Crippen molar-refractivity contribution < 1.29 is 5.11 Å². The molecule has 0 bridgehead atoms. The Hall–Kier alpha value is 0.239. The van der Waals surface area contributed by atoms with E-state index >= 15 is 0 Å². The Morgan fingerprint density at radius 1 is 0.900 bits per heavy atom. The molecular weight excluding hydrogens is 351 g/mol. The number of aliphatic hydroxyl groups is 1. The molecule has 0 rings (SSSR count). The molecule has 2 heteroatoms. The van der Waals surface area contributed by atoms with E-state index < -0.39 is 18.4 Å². The van der Waals surface area contributed by atoms with Gasteiger partial charge in [0.05, 0.1) is 0 Å². The van der Waals surface area contributed by atoms with Crippen LogP contribution in [0.1, 0.15) is 66.2 Å². The maximum absolute atomic E-state index is 9.00. The van der Waals surface area contributed by atoms with E-state index in [1.807, 2.05) is 6.08 Å². The number of hydrogen-bond acceptors (Lipinski definition) is 1. The summed E-state index contributed by atoms with van der Waals surface area (Å²) in [6.45, 7) is 9.23. The van der Waals surface area contributed by atoms with Gasteiger partial charge in [0, 0.05) is 0 Å². The summed E-state index contributed by atoms with van der Waals surface area (Å²) >= 11 is -2.09. The van der Waals surface area contributed by atoms with E-state index in [0.29, 0.717) is 0 Å². The van der Waals surface area contributed by atoms with Gasteiger partial charge in [-0.2, -0.15) is 0 Å². The quantitative estimate of drug-likeness (QED) is 0.328. The molecule has 0 saturated carbocycles. The summed E-state index contributed by atoms with van der Waals surface area (Å²) in [5.74, 6) is 0. The normalized spacial score (nSPS) is 13.3. The second-order valence-electron chi connectivity index (χ2n) is 6.14. The fourth-order valence-corrected chi connectivity index (χ4v) is 17.1. The van der Waals surface area contributed by atoms with E-state index in [2.05, 4.69) is 37.9 Å². The van der Waals surface area contributed by atoms with Gasteiger partial charge >= 0.3 is 131 Å². The molecule has 0 aromatic rings. The predicted octanol–water partition coefficient (Wildman–Crippen LogP) is 5.87. The van der Waals surface area contributed by atoms with Crippen molar-refractivity contribution >= 4 is 18.4 Å². The Bertz CT molecular complexity index is 259. The number of rotatable bonds is 12. The minimum absolute atomic E-state index is 0.164. The maximum atomic E-state index is 9.00. The van der Waals surface area contributed by atoms with Crippen molar-refractivity contribution in [2.24, 2.45) is 0 Å². The SMILES string of the molecule is CCC[CH2][Sn](/[CH]=C/C(C)=C\CO)([CH2]CCC)[CH2]CCC. The number of aliphatic hydroxyl groups excluding tert-OH is 1. The van der Waals surface area contributed by atoms with Gasteiger partial charge in [0.1, 0.15) is 0 Å². The Kier molecular flexibility index (Phi) is 13.1. The van der Waals surface area contributed by atoms with Crippen LogP contribution < -0.4 is 0 Å². The molecule has 20 heavy (non-hydrogen) atoms. The summed E-state index contributed by atoms with van der Waals surface area (Å²) in [5.41, 5.74) is 1.23. The first-order chi connectivity index (χ1) is 9.64. The van der Waals surface area contributed by atoms with Gasteiger partial charge < -0.3 is 0 Å². The van der Waals surface area contributed by atoms with Crippen LogP contribution in [0.15, 0.2) is 21.8 Å². The van der Waals surface area contributed by atoms with Crippen molar-refractivity contribution in [3.63, 3.8) is 0 Å². The summed E-state index contributed by atoms with van der Waals surface area (Å²) in [6.07, 6.45) is 12.5. The summed E-state index contributed by atoms with van der Waals surface area (Å²) in [4.78, 5) is 0. The zero-order chi connectivity index (χ0) is 15.3. The average molecular weight is 387 g/mol. The molecule has 0 aliphatic carbocycles. The third-order valence-electron chi connectivity index (χ3n) is 4.20. The van der Waals surface area contributed by atoms with Gasteiger partial charge in [-0.3, -0.25) is 0 Å². The van der Waals surface area contributed by atoms with Crippen LogP contribution in [-0.2, 0) is 0 Å². The second kappa shape index (κ2) is 12.9. The first-order valence-corrected chi connectivity index (χ1v) is 16.3. The molecule has 0 heterocycles. The molecule has 0 unspecified atom stereocenters. The van der Waals surface area contributed by atoms with E-state index in [9.17, 15) is 0 Å². The van der Waals surface area contributed by atoms with Crippen LogP contribution in [0.25, 0.3) is 0 Å². The fraction of sp³-hybridized carbons (Fsp3) is 0.778. The van der Waals surface area contributed by atoms with Crippen molar-refractivity contribution in [3.8, 4) is 0 Å². The van der Waals surface area contributed by atoms with Gasteiger partial charge in [0.25, 0.3) is 0 Å². The molecule has 0 spiro atoms. The van der Waals surface area contributed by atoms with Crippen LogP contribution in [0, 0.1) is 0 Å². The number of allylic oxidation sites excluding steroid dienone is 2. The van der Waals surface area contributed by atoms with E-state index in [1.165, 1.54) is 57.4 Å². The molecular formula is C18H36OSn. The van der Waals surface area contributed by atoms with Crippen LogP contribution in [0.5, 0.6) is 0 Å². The molecule has 118 valence electrons. The topological polar surface area (TPSA) is 20.2 Å². The van der Waals surface area contributed by atoms with Gasteiger partial charge in [0.15, 0.2) is 0 Å². The first kappa shape index (κ1) is 20.2. The zero-order valence-corrected chi connectivity index (χ0v) is 17.1. The summed E-state index contributed by atoms with van der Waals surface area (Å²) in [6, 6.07) is 0. The molecule has 0 radical (unpaired) electrons. The second-order valence-corrected chi connectivity index (χ2v) is 19.1. The molecule has 0 atom stereocenters. The van der Waals surface area contributed by atoms with Crippen LogP contribution in [-0.4, -0.2) is 30.1 Å². The van der Waals surface area contributed by atoms with Crippen LogP contribution in [0.4, 0.5) is 0 Å². The number of hydrogen-bond donors (Lipinski definition) is 1. The number of unbranched alkanes of at least 4 members (excludes halogenated alkanes) is 3. The van der Waals surface area contributed by atoms with Crippen molar-refractivity contribution in [3.05, 3.63) is 21.8 Å². The van der Waals surface area contributed by atoms with Gasteiger partial charge in [-0.25, -0.2) is 0 Å². The molecule has 0 saturated heterocycles. The third kappa shape index (κ3) is 9.23. The van der Waals surface area contributed by atoms with E-state index in [-0.39, 0.29) is 6.61 Å². The first-order valence-electron chi connectivity index (χ1n) is 8.61. The van der Waals surface area contributed by atoms with Gasteiger partial charge in [-0.1, -0.05) is 0 Å². The Morgan fingerprint density at radius 3 is 1.70 bits per heavy atom. The van der Waals surface area contributed by atoms with Gasteiger partial charge in [-0.05, 0) is 0 Å². The van der Waals surface area contributed by atoms with Gasteiger partial charge in [-0.15, -0.1) is 0 Å². The van der Waals surface area contributed by atoms with Crippen molar-refractivity contribution in [2.45, 2.75) is 79.5 Å². The van der Waals surface area contributed by atoms with Crippen LogP contribution >= 0.6 is 0 Å². The molecule has 1 nitrogen and oxygen atoms in total.